The van der Waals surface area contributed by atoms with E-state index in [0.717, 1.165) is 15.8 Å². The van der Waals surface area contributed by atoms with Gasteiger partial charge in [-0.25, -0.2) is 0 Å². The van der Waals surface area contributed by atoms with Crippen LogP contribution in [0.5, 0.6) is 0 Å². The van der Waals surface area contributed by atoms with E-state index in [4.69, 9.17) is 4.42 Å². The van der Waals surface area contributed by atoms with Gasteiger partial charge in [0.2, 0.25) is 5.89 Å². The number of hydrogen-bond acceptors (Lipinski definition) is 4. The molecule has 0 saturated carbocycles. The molecule has 0 aliphatic rings. The van der Waals surface area contributed by atoms with E-state index in [0.29, 0.717) is 11.1 Å². The van der Waals surface area contributed by atoms with E-state index in [-0.39, 0.29) is 5.41 Å². The van der Waals surface area contributed by atoms with Crippen molar-refractivity contribution in [1.29, 1.82) is 0 Å². The third kappa shape index (κ3) is 4.08. The second-order valence-electron chi connectivity index (χ2n) is 6.59. The van der Waals surface area contributed by atoms with Crippen LogP contribution in [0, 0.1) is 0 Å². The molecule has 0 bridgehead atoms. The van der Waals surface area contributed by atoms with Gasteiger partial charge in [0.05, 0.1) is 5.56 Å². The number of benzene rings is 2. The second-order valence-corrected chi connectivity index (χ2v) is 8.37. The largest absolute Gasteiger partial charge is 0.411 e. The molecule has 0 amide bonds. The van der Waals surface area contributed by atoms with Crippen LogP contribution < -0.4 is 0 Å². The van der Waals surface area contributed by atoms with Crippen LogP contribution in [0.1, 0.15) is 31.9 Å². The Kier molecular flexibility index (Phi) is 5.11. The van der Waals surface area contributed by atoms with Crippen LogP contribution in [0.2, 0.25) is 0 Å². The molecule has 3 nitrogen and oxygen atoms in total. The molecule has 2 aromatic carbocycles. The van der Waals surface area contributed by atoms with Crippen molar-refractivity contribution in [2.75, 3.05) is 0 Å². The van der Waals surface area contributed by atoms with E-state index in [1.807, 2.05) is 24.3 Å². The summed E-state index contributed by atoms with van der Waals surface area (Å²) in [6, 6.07) is 16.5. The van der Waals surface area contributed by atoms with Crippen molar-refractivity contribution < 1.29 is 4.42 Å². The normalized spacial score (nSPS) is 11.7. The van der Waals surface area contributed by atoms with Crippen LogP contribution in [0.3, 0.4) is 0 Å². The number of nitrogens with zero attached hydrogens (tertiary/aromatic N) is 2. The molecular formula is C19H19BrN2OS. The molecule has 0 atom stereocenters. The van der Waals surface area contributed by atoms with Crippen molar-refractivity contribution in [2.24, 2.45) is 0 Å². The van der Waals surface area contributed by atoms with Crippen molar-refractivity contribution in [1.82, 2.24) is 10.2 Å². The first-order chi connectivity index (χ1) is 11.4. The molecule has 3 rings (SSSR count). The maximum absolute atomic E-state index is 5.76. The fraction of sp³-hybridized carbons (Fsp3) is 0.263. The molecule has 0 unspecified atom stereocenters. The van der Waals surface area contributed by atoms with Gasteiger partial charge in [-0.3, -0.25) is 0 Å². The fourth-order valence-corrected chi connectivity index (χ4v) is 3.43. The Balaban J connectivity index is 1.67. The SMILES string of the molecule is CC(C)(C)c1ccc(CSc2nnc(-c3ccccc3Br)o2)cc1. The van der Waals surface area contributed by atoms with E-state index < -0.39 is 0 Å². The highest BCUT2D eigenvalue weighted by atomic mass is 79.9. The minimum absolute atomic E-state index is 0.177. The van der Waals surface area contributed by atoms with Crippen molar-refractivity contribution in [3.05, 3.63) is 64.1 Å². The maximum atomic E-state index is 5.76. The smallest absolute Gasteiger partial charge is 0.277 e. The molecule has 1 aromatic heterocycles. The molecule has 0 fully saturated rings. The Morgan fingerprint density at radius 2 is 1.71 bits per heavy atom. The Morgan fingerprint density at radius 1 is 1.00 bits per heavy atom. The Labute approximate surface area is 155 Å². The Bertz CT molecular complexity index is 822. The van der Waals surface area contributed by atoms with Crippen molar-refractivity contribution in [2.45, 2.75) is 37.2 Å². The van der Waals surface area contributed by atoms with Gasteiger partial charge >= 0.3 is 0 Å². The Hall–Kier alpha value is -1.59. The predicted octanol–water partition coefficient (Wildman–Crippen LogP) is 6.09. The molecule has 24 heavy (non-hydrogen) atoms. The topological polar surface area (TPSA) is 38.9 Å². The lowest BCUT2D eigenvalue weighted by Gasteiger charge is -2.19. The average Bonchev–Trinajstić information content (AvgIpc) is 3.02. The first-order valence-corrected chi connectivity index (χ1v) is 9.52. The van der Waals surface area contributed by atoms with Crippen LogP contribution in [0.25, 0.3) is 11.5 Å². The van der Waals surface area contributed by atoms with Crippen molar-refractivity contribution >= 4 is 27.7 Å². The van der Waals surface area contributed by atoms with E-state index in [2.05, 4.69) is 71.2 Å². The highest BCUT2D eigenvalue weighted by Gasteiger charge is 2.14. The Morgan fingerprint density at radius 3 is 2.38 bits per heavy atom. The van der Waals surface area contributed by atoms with E-state index >= 15 is 0 Å². The van der Waals surface area contributed by atoms with Crippen LogP contribution in [0.15, 0.2) is 62.6 Å². The van der Waals surface area contributed by atoms with Gasteiger partial charge in [-0.2, -0.15) is 0 Å². The summed E-state index contributed by atoms with van der Waals surface area (Å²) in [5.41, 5.74) is 3.67. The molecule has 0 radical (unpaired) electrons. The molecule has 0 N–H and O–H groups in total. The third-order valence-electron chi connectivity index (χ3n) is 3.69. The highest BCUT2D eigenvalue weighted by Crippen LogP contribution is 2.30. The lowest BCUT2D eigenvalue weighted by Crippen LogP contribution is -2.10. The molecule has 3 aromatic rings. The summed E-state index contributed by atoms with van der Waals surface area (Å²) < 4.78 is 6.71. The zero-order chi connectivity index (χ0) is 17.2. The molecule has 0 aliphatic carbocycles. The number of halogens is 1. The van der Waals surface area contributed by atoms with Gasteiger partial charge in [0.1, 0.15) is 0 Å². The summed E-state index contributed by atoms with van der Waals surface area (Å²) in [4.78, 5) is 0. The minimum Gasteiger partial charge on any atom is -0.411 e. The zero-order valence-electron chi connectivity index (χ0n) is 13.9. The van der Waals surface area contributed by atoms with E-state index in [1.54, 1.807) is 11.8 Å². The number of aromatic nitrogens is 2. The zero-order valence-corrected chi connectivity index (χ0v) is 16.3. The highest BCUT2D eigenvalue weighted by molar-refractivity contribution is 9.10. The van der Waals surface area contributed by atoms with Gasteiger partial charge in [-0.05, 0) is 44.6 Å². The lowest BCUT2D eigenvalue weighted by atomic mass is 9.87. The quantitative estimate of drug-likeness (QED) is 0.494. The summed E-state index contributed by atoms with van der Waals surface area (Å²) in [5, 5.41) is 8.85. The van der Waals surface area contributed by atoms with E-state index in [9.17, 15) is 0 Å². The second kappa shape index (κ2) is 7.11. The molecule has 1 heterocycles. The van der Waals surface area contributed by atoms with Gasteiger partial charge in [-0.15, -0.1) is 10.2 Å². The summed E-state index contributed by atoms with van der Waals surface area (Å²) in [6.45, 7) is 6.66. The fourth-order valence-electron chi connectivity index (χ4n) is 2.26. The van der Waals surface area contributed by atoms with Gasteiger partial charge in [0.15, 0.2) is 0 Å². The van der Waals surface area contributed by atoms with E-state index in [1.165, 1.54) is 11.1 Å². The molecule has 124 valence electrons. The molecular weight excluding hydrogens is 384 g/mol. The van der Waals surface area contributed by atoms with Gasteiger partial charge in [0.25, 0.3) is 5.22 Å². The van der Waals surface area contributed by atoms with Crippen LogP contribution in [-0.2, 0) is 11.2 Å². The van der Waals surface area contributed by atoms with Crippen LogP contribution in [0.4, 0.5) is 0 Å². The average molecular weight is 403 g/mol. The van der Waals surface area contributed by atoms with Gasteiger partial charge in [0, 0.05) is 10.2 Å². The summed E-state index contributed by atoms with van der Waals surface area (Å²) in [6.07, 6.45) is 0. The third-order valence-corrected chi connectivity index (χ3v) is 5.27. The summed E-state index contributed by atoms with van der Waals surface area (Å²) >= 11 is 5.06. The van der Waals surface area contributed by atoms with Crippen LogP contribution >= 0.6 is 27.7 Å². The molecule has 5 heteroatoms. The molecule has 0 aliphatic heterocycles. The monoisotopic (exact) mass is 402 g/mol. The summed E-state index contributed by atoms with van der Waals surface area (Å²) in [7, 11) is 0. The number of rotatable bonds is 4. The number of thioether (sulfide) groups is 1. The lowest BCUT2D eigenvalue weighted by molar-refractivity contribution is 0.465. The van der Waals surface area contributed by atoms with Gasteiger partial charge in [-0.1, -0.05) is 68.9 Å². The standard InChI is InChI=1S/C19H19BrN2OS/c1-19(2,3)14-10-8-13(9-11-14)12-24-18-22-21-17(23-18)15-6-4-5-7-16(15)20/h4-11H,12H2,1-3H3. The minimum atomic E-state index is 0.177. The van der Waals surface area contributed by atoms with Gasteiger partial charge < -0.3 is 4.42 Å². The number of hydrogen-bond donors (Lipinski definition) is 0. The predicted molar refractivity (Wildman–Crippen MR) is 102 cm³/mol. The van der Waals surface area contributed by atoms with Crippen molar-refractivity contribution in [3.63, 3.8) is 0 Å². The summed E-state index contributed by atoms with van der Waals surface area (Å²) in [5.74, 6) is 1.34. The maximum Gasteiger partial charge on any atom is 0.277 e. The molecule has 0 spiro atoms. The van der Waals surface area contributed by atoms with Crippen molar-refractivity contribution in [3.8, 4) is 11.5 Å². The first-order valence-electron chi connectivity index (χ1n) is 7.74. The molecule has 0 saturated heterocycles. The first kappa shape index (κ1) is 17.2. The van der Waals surface area contributed by atoms with Crippen LogP contribution in [-0.4, -0.2) is 10.2 Å².